The van der Waals surface area contributed by atoms with Gasteiger partial charge < -0.3 is 16.2 Å². The van der Waals surface area contributed by atoms with Crippen molar-refractivity contribution in [2.75, 3.05) is 0 Å². The molecular formula is C11H22N2O3. The first-order valence-corrected chi connectivity index (χ1v) is 5.54. The molecule has 5 nitrogen and oxygen atoms in total. The van der Waals surface area contributed by atoms with Crippen LogP contribution in [0.4, 0.5) is 0 Å². The van der Waals surface area contributed by atoms with E-state index >= 15 is 0 Å². The first-order valence-electron chi connectivity index (χ1n) is 5.54. The highest BCUT2D eigenvalue weighted by molar-refractivity contribution is 5.86. The summed E-state index contributed by atoms with van der Waals surface area (Å²) < 4.78 is 0. The average molecular weight is 230 g/mol. The van der Waals surface area contributed by atoms with Crippen molar-refractivity contribution >= 4 is 11.9 Å². The maximum Gasteiger partial charge on any atom is 0.326 e. The lowest BCUT2D eigenvalue weighted by Crippen LogP contribution is -2.50. The number of carboxylic acids is 1. The summed E-state index contributed by atoms with van der Waals surface area (Å²) in [6, 6.07) is -1.51. The molecule has 0 radical (unpaired) electrons. The molecule has 94 valence electrons. The normalized spacial score (nSPS) is 14.9. The fourth-order valence-electron chi connectivity index (χ4n) is 1.26. The van der Waals surface area contributed by atoms with Gasteiger partial charge in [-0.2, -0.15) is 0 Å². The summed E-state index contributed by atoms with van der Waals surface area (Å²) in [5, 5.41) is 11.4. The van der Waals surface area contributed by atoms with Crippen LogP contribution in [0.1, 0.15) is 34.1 Å². The predicted octanol–water partition coefficient (Wildman–Crippen LogP) is 0.585. The summed E-state index contributed by atoms with van der Waals surface area (Å²) in [6.45, 7) is 7.46. The molecule has 5 heteroatoms. The van der Waals surface area contributed by atoms with Crippen molar-refractivity contribution in [3.63, 3.8) is 0 Å². The second-order valence-electron chi connectivity index (χ2n) is 4.80. The van der Waals surface area contributed by atoms with Crippen LogP contribution in [0.3, 0.4) is 0 Å². The van der Waals surface area contributed by atoms with Gasteiger partial charge in [-0.15, -0.1) is 0 Å². The van der Waals surface area contributed by atoms with Crippen LogP contribution in [0.5, 0.6) is 0 Å². The van der Waals surface area contributed by atoms with Gasteiger partial charge >= 0.3 is 5.97 Å². The molecule has 2 atom stereocenters. The fourth-order valence-corrected chi connectivity index (χ4v) is 1.26. The first kappa shape index (κ1) is 14.9. The number of hydrogen-bond donors (Lipinski definition) is 3. The van der Waals surface area contributed by atoms with Crippen LogP contribution in [-0.4, -0.2) is 29.1 Å². The molecule has 0 aliphatic carbocycles. The summed E-state index contributed by atoms with van der Waals surface area (Å²) in [5.74, 6) is -1.22. The number of carboxylic acid groups (broad SMARTS) is 1. The second-order valence-corrected chi connectivity index (χ2v) is 4.80. The van der Waals surface area contributed by atoms with Crippen molar-refractivity contribution in [3.05, 3.63) is 0 Å². The van der Waals surface area contributed by atoms with E-state index < -0.39 is 24.0 Å². The van der Waals surface area contributed by atoms with Crippen LogP contribution in [0.15, 0.2) is 0 Å². The molecule has 4 N–H and O–H groups in total. The van der Waals surface area contributed by atoms with E-state index in [0.29, 0.717) is 6.42 Å². The van der Waals surface area contributed by atoms with Crippen molar-refractivity contribution in [2.24, 2.45) is 17.6 Å². The van der Waals surface area contributed by atoms with Gasteiger partial charge in [0.1, 0.15) is 6.04 Å². The van der Waals surface area contributed by atoms with E-state index in [1.54, 1.807) is 0 Å². The Balaban J connectivity index is 4.40. The second kappa shape index (κ2) is 6.48. The third kappa shape index (κ3) is 5.11. The van der Waals surface area contributed by atoms with Gasteiger partial charge in [-0.3, -0.25) is 4.79 Å². The van der Waals surface area contributed by atoms with Crippen molar-refractivity contribution in [3.8, 4) is 0 Å². The van der Waals surface area contributed by atoms with Crippen LogP contribution in [0.25, 0.3) is 0 Å². The summed E-state index contributed by atoms with van der Waals surface area (Å²) in [7, 11) is 0. The minimum Gasteiger partial charge on any atom is -0.480 e. The highest BCUT2D eigenvalue weighted by Gasteiger charge is 2.25. The number of amides is 1. The summed E-state index contributed by atoms with van der Waals surface area (Å²) >= 11 is 0. The van der Waals surface area contributed by atoms with Crippen LogP contribution in [0, 0.1) is 11.8 Å². The Bertz CT molecular complexity index is 252. The predicted molar refractivity (Wildman–Crippen MR) is 61.8 cm³/mol. The molecule has 0 aromatic carbocycles. The van der Waals surface area contributed by atoms with E-state index in [-0.39, 0.29) is 11.8 Å². The largest absolute Gasteiger partial charge is 0.480 e. The smallest absolute Gasteiger partial charge is 0.326 e. The van der Waals surface area contributed by atoms with Gasteiger partial charge in [0.2, 0.25) is 5.91 Å². The Morgan fingerprint density at radius 2 is 1.75 bits per heavy atom. The molecule has 0 spiro atoms. The number of hydrogen-bond acceptors (Lipinski definition) is 3. The molecule has 0 rings (SSSR count). The maximum absolute atomic E-state index is 11.6. The third-order valence-corrected chi connectivity index (χ3v) is 2.34. The highest BCUT2D eigenvalue weighted by atomic mass is 16.4. The van der Waals surface area contributed by atoms with E-state index in [2.05, 4.69) is 5.32 Å². The number of aliphatic carboxylic acids is 1. The number of carbonyl (C=O) groups excluding carboxylic acids is 1. The van der Waals surface area contributed by atoms with Crippen LogP contribution in [0.2, 0.25) is 0 Å². The Kier molecular flexibility index (Phi) is 6.03. The Morgan fingerprint density at radius 1 is 1.25 bits per heavy atom. The van der Waals surface area contributed by atoms with Crippen molar-refractivity contribution < 1.29 is 14.7 Å². The van der Waals surface area contributed by atoms with Gasteiger partial charge in [0.25, 0.3) is 0 Å². The van der Waals surface area contributed by atoms with E-state index in [1.807, 2.05) is 27.7 Å². The number of rotatable bonds is 6. The molecule has 0 aromatic heterocycles. The zero-order valence-corrected chi connectivity index (χ0v) is 10.4. The van der Waals surface area contributed by atoms with E-state index in [4.69, 9.17) is 10.8 Å². The van der Waals surface area contributed by atoms with E-state index in [9.17, 15) is 9.59 Å². The number of nitrogens with two attached hydrogens (primary N) is 1. The lowest BCUT2D eigenvalue weighted by atomic mass is 10.0. The Labute approximate surface area is 96.4 Å². The van der Waals surface area contributed by atoms with Gasteiger partial charge in [0.05, 0.1) is 6.04 Å². The van der Waals surface area contributed by atoms with Crippen molar-refractivity contribution in [2.45, 2.75) is 46.2 Å². The zero-order valence-electron chi connectivity index (χ0n) is 10.4. The Hall–Kier alpha value is -1.10. The monoisotopic (exact) mass is 230 g/mol. The van der Waals surface area contributed by atoms with Gasteiger partial charge in [0.15, 0.2) is 0 Å². The van der Waals surface area contributed by atoms with E-state index in [0.717, 1.165) is 0 Å². The maximum atomic E-state index is 11.6. The van der Waals surface area contributed by atoms with Crippen molar-refractivity contribution in [1.82, 2.24) is 5.32 Å². The van der Waals surface area contributed by atoms with Gasteiger partial charge in [-0.25, -0.2) is 4.79 Å². The molecule has 0 aromatic rings. The molecule has 0 bridgehead atoms. The summed E-state index contributed by atoms with van der Waals surface area (Å²) in [6.07, 6.45) is 0.409. The minimum absolute atomic E-state index is 0.00602. The molecule has 1 unspecified atom stereocenters. The number of nitrogens with one attached hydrogen (secondary N) is 1. The van der Waals surface area contributed by atoms with Gasteiger partial charge in [-0.1, -0.05) is 27.7 Å². The molecule has 0 heterocycles. The molecule has 0 aliphatic heterocycles. The molecule has 0 aliphatic rings. The molecule has 0 fully saturated rings. The zero-order chi connectivity index (χ0) is 12.9. The van der Waals surface area contributed by atoms with Crippen LogP contribution < -0.4 is 11.1 Å². The molecule has 0 saturated carbocycles. The molecular weight excluding hydrogens is 208 g/mol. The average Bonchev–Trinajstić information content (AvgIpc) is 2.14. The Morgan fingerprint density at radius 3 is 2.06 bits per heavy atom. The molecule has 16 heavy (non-hydrogen) atoms. The quantitative estimate of drug-likeness (QED) is 0.622. The van der Waals surface area contributed by atoms with Crippen LogP contribution in [-0.2, 0) is 9.59 Å². The van der Waals surface area contributed by atoms with Crippen LogP contribution >= 0.6 is 0 Å². The first-order chi connectivity index (χ1) is 7.25. The number of carbonyl (C=O) groups is 2. The lowest BCUT2D eigenvalue weighted by molar-refractivity contribution is -0.142. The highest BCUT2D eigenvalue weighted by Crippen LogP contribution is 2.06. The summed E-state index contributed by atoms with van der Waals surface area (Å²) in [4.78, 5) is 22.5. The van der Waals surface area contributed by atoms with Gasteiger partial charge in [0, 0.05) is 0 Å². The topological polar surface area (TPSA) is 92.4 Å². The SMILES string of the molecule is CC(C)CC(NC(=O)[C@@H](N)C(C)C)C(=O)O. The summed E-state index contributed by atoms with van der Waals surface area (Å²) in [5.41, 5.74) is 5.63. The lowest BCUT2D eigenvalue weighted by Gasteiger charge is -2.20. The molecule has 1 amide bonds. The molecule has 0 saturated heterocycles. The van der Waals surface area contributed by atoms with Gasteiger partial charge in [-0.05, 0) is 18.3 Å². The standard InChI is InChI=1S/C11H22N2O3/c1-6(2)5-8(11(15)16)13-10(14)9(12)7(3)4/h6-9H,5,12H2,1-4H3,(H,13,14)(H,15,16)/t8?,9-/m0/s1. The van der Waals surface area contributed by atoms with E-state index in [1.165, 1.54) is 0 Å². The third-order valence-electron chi connectivity index (χ3n) is 2.34. The van der Waals surface area contributed by atoms with Crippen molar-refractivity contribution in [1.29, 1.82) is 0 Å². The minimum atomic E-state index is -1.02. The fraction of sp³-hybridized carbons (Fsp3) is 0.818.